The Balaban J connectivity index is 1.42. The van der Waals surface area contributed by atoms with Gasteiger partial charge in [0, 0.05) is 35.9 Å². The number of ether oxygens (including phenoxy) is 1. The third-order valence-corrected chi connectivity index (χ3v) is 5.93. The van der Waals surface area contributed by atoms with Crippen LogP contribution in [0.3, 0.4) is 0 Å². The van der Waals surface area contributed by atoms with Gasteiger partial charge in [0.15, 0.2) is 0 Å². The Hall–Kier alpha value is -2.48. The first-order valence-corrected chi connectivity index (χ1v) is 11.4. The summed E-state index contributed by atoms with van der Waals surface area (Å²) >= 11 is 3.50. The highest BCUT2D eigenvalue weighted by Crippen LogP contribution is 2.26. The van der Waals surface area contributed by atoms with Gasteiger partial charge < -0.3 is 9.64 Å². The van der Waals surface area contributed by atoms with Crippen molar-refractivity contribution in [3.8, 4) is 11.3 Å². The lowest BCUT2D eigenvalue weighted by molar-refractivity contribution is 0.0177. The molecule has 0 radical (unpaired) electrons. The van der Waals surface area contributed by atoms with Crippen molar-refractivity contribution in [1.82, 2.24) is 24.6 Å². The number of piperidine rings is 1. The van der Waals surface area contributed by atoms with Gasteiger partial charge in [-0.1, -0.05) is 15.9 Å². The quantitative estimate of drug-likeness (QED) is 0.508. The molecule has 4 rings (SSSR count). The van der Waals surface area contributed by atoms with Gasteiger partial charge in [-0.2, -0.15) is 5.10 Å². The summed E-state index contributed by atoms with van der Waals surface area (Å²) in [6, 6.07) is 5.90. The van der Waals surface area contributed by atoms with E-state index < -0.39 is 5.60 Å². The predicted octanol–water partition coefficient (Wildman–Crippen LogP) is 5.21. The largest absolute Gasteiger partial charge is 0.444 e. The van der Waals surface area contributed by atoms with Gasteiger partial charge in [0.2, 0.25) is 0 Å². The van der Waals surface area contributed by atoms with Gasteiger partial charge in [0.25, 0.3) is 0 Å². The SMILES string of the molecule is Cc1nn(CC2CCN(C(=O)OC(C)(C)C)CC2)cc1-c1cnc2ccc(Br)cc2n1. The van der Waals surface area contributed by atoms with E-state index in [2.05, 4.69) is 27.1 Å². The topological polar surface area (TPSA) is 73.1 Å². The number of rotatable bonds is 3. The van der Waals surface area contributed by atoms with E-state index in [4.69, 9.17) is 14.8 Å². The molecule has 0 aliphatic carbocycles. The average molecular weight is 486 g/mol. The molecule has 1 saturated heterocycles. The van der Waals surface area contributed by atoms with Crippen LogP contribution in [0.15, 0.2) is 35.1 Å². The van der Waals surface area contributed by atoms with Crippen molar-refractivity contribution in [2.75, 3.05) is 13.1 Å². The molecule has 0 saturated carbocycles. The Morgan fingerprint density at radius 2 is 1.97 bits per heavy atom. The van der Waals surface area contributed by atoms with Crippen LogP contribution < -0.4 is 0 Å². The summed E-state index contributed by atoms with van der Waals surface area (Å²) in [6.45, 7) is 9.96. The Morgan fingerprint density at radius 3 is 2.68 bits per heavy atom. The standard InChI is InChI=1S/C23H28BrN5O2/c1-15-18(21-12-25-19-6-5-17(24)11-20(19)26-21)14-29(27-15)13-16-7-9-28(10-8-16)22(30)31-23(2,3)4/h5-6,11-12,14,16H,7-10,13H2,1-4H3. The number of hydrogen-bond acceptors (Lipinski definition) is 5. The zero-order chi connectivity index (χ0) is 22.2. The third-order valence-electron chi connectivity index (χ3n) is 5.44. The summed E-state index contributed by atoms with van der Waals surface area (Å²) in [4.78, 5) is 23.4. The van der Waals surface area contributed by atoms with Gasteiger partial charge >= 0.3 is 6.09 Å². The first-order chi connectivity index (χ1) is 14.7. The number of hydrogen-bond donors (Lipinski definition) is 0. The van der Waals surface area contributed by atoms with E-state index in [1.54, 1.807) is 0 Å². The van der Waals surface area contributed by atoms with Crippen molar-refractivity contribution in [2.24, 2.45) is 5.92 Å². The number of aryl methyl sites for hydroxylation is 1. The van der Waals surface area contributed by atoms with Crippen LogP contribution in [0.1, 0.15) is 39.3 Å². The maximum absolute atomic E-state index is 12.3. The fraction of sp³-hybridized carbons (Fsp3) is 0.478. The second-order valence-electron chi connectivity index (χ2n) is 9.15. The van der Waals surface area contributed by atoms with Gasteiger partial charge in [0.05, 0.1) is 28.6 Å². The van der Waals surface area contributed by atoms with Crippen LogP contribution in [0.4, 0.5) is 4.79 Å². The zero-order valence-corrected chi connectivity index (χ0v) is 20.0. The van der Waals surface area contributed by atoms with Crippen LogP contribution in [0.25, 0.3) is 22.3 Å². The number of aromatic nitrogens is 4. The van der Waals surface area contributed by atoms with E-state index in [0.29, 0.717) is 5.92 Å². The minimum atomic E-state index is -0.460. The number of likely N-dealkylation sites (tertiary alicyclic amines) is 1. The van der Waals surface area contributed by atoms with Crippen molar-refractivity contribution in [3.63, 3.8) is 0 Å². The number of halogens is 1. The van der Waals surface area contributed by atoms with Gasteiger partial charge in [0.1, 0.15) is 5.60 Å². The maximum atomic E-state index is 12.3. The number of amides is 1. The summed E-state index contributed by atoms with van der Waals surface area (Å²) < 4.78 is 8.48. The molecular formula is C23H28BrN5O2. The van der Waals surface area contributed by atoms with Crippen LogP contribution in [-0.4, -0.2) is 49.4 Å². The summed E-state index contributed by atoms with van der Waals surface area (Å²) in [6.07, 6.45) is 5.53. The second kappa shape index (κ2) is 8.57. The first-order valence-electron chi connectivity index (χ1n) is 10.6. The molecule has 0 bridgehead atoms. The highest BCUT2D eigenvalue weighted by atomic mass is 79.9. The molecule has 1 aliphatic heterocycles. The van der Waals surface area contributed by atoms with Crippen LogP contribution >= 0.6 is 15.9 Å². The van der Waals surface area contributed by atoms with E-state index >= 15 is 0 Å². The molecule has 0 atom stereocenters. The lowest BCUT2D eigenvalue weighted by Gasteiger charge is -2.33. The van der Waals surface area contributed by atoms with E-state index in [1.807, 2.05) is 61.7 Å². The van der Waals surface area contributed by atoms with E-state index in [1.165, 1.54) is 0 Å². The molecule has 164 valence electrons. The summed E-state index contributed by atoms with van der Waals surface area (Å²) in [5, 5.41) is 4.72. The Bertz CT molecular complexity index is 1100. The Morgan fingerprint density at radius 1 is 1.23 bits per heavy atom. The summed E-state index contributed by atoms with van der Waals surface area (Å²) in [7, 11) is 0. The maximum Gasteiger partial charge on any atom is 0.410 e. The molecule has 3 aromatic rings. The van der Waals surface area contributed by atoms with Gasteiger partial charge in [-0.05, 0) is 64.7 Å². The highest BCUT2D eigenvalue weighted by molar-refractivity contribution is 9.10. The molecule has 1 fully saturated rings. The number of benzene rings is 1. The number of carbonyl (C=O) groups is 1. The van der Waals surface area contributed by atoms with E-state index in [9.17, 15) is 4.79 Å². The molecular weight excluding hydrogens is 458 g/mol. The van der Waals surface area contributed by atoms with Crippen LogP contribution in [0.5, 0.6) is 0 Å². The minimum absolute atomic E-state index is 0.218. The predicted molar refractivity (Wildman–Crippen MR) is 124 cm³/mol. The van der Waals surface area contributed by atoms with Crippen molar-refractivity contribution < 1.29 is 9.53 Å². The Kier molecular flexibility index (Phi) is 6.01. The molecule has 2 aromatic heterocycles. The molecule has 7 nitrogen and oxygen atoms in total. The molecule has 8 heteroatoms. The molecule has 0 spiro atoms. The number of carbonyl (C=O) groups excluding carboxylic acids is 1. The average Bonchev–Trinajstić information content (AvgIpc) is 3.06. The van der Waals surface area contributed by atoms with Crippen LogP contribution in [-0.2, 0) is 11.3 Å². The van der Waals surface area contributed by atoms with E-state index in [0.717, 1.165) is 64.9 Å². The Labute approximate surface area is 190 Å². The lowest BCUT2D eigenvalue weighted by Crippen LogP contribution is -2.42. The smallest absolute Gasteiger partial charge is 0.410 e. The van der Waals surface area contributed by atoms with Crippen molar-refractivity contribution >= 4 is 33.1 Å². The minimum Gasteiger partial charge on any atom is -0.444 e. The molecule has 31 heavy (non-hydrogen) atoms. The molecule has 1 aromatic carbocycles. The fourth-order valence-corrected chi connectivity index (χ4v) is 4.22. The highest BCUT2D eigenvalue weighted by Gasteiger charge is 2.27. The van der Waals surface area contributed by atoms with E-state index in [-0.39, 0.29) is 6.09 Å². The first kappa shape index (κ1) is 21.7. The molecule has 3 heterocycles. The van der Waals surface area contributed by atoms with Crippen LogP contribution in [0.2, 0.25) is 0 Å². The number of nitrogens with zero attached hydrogens (tertiary/aromatic N) is 5. The lowest BCUT2D eigenvalue weighted by atomic mass is 9.97. The normalized spacial score (nSPS) is 15.5. The molecule has 1 amide bonds. The molecule has 0 unspecified atom stereocenters. The number of fused-ring (bicyclic) bond motifs is 1. The van der Waals surface area contributed by atoms with Crippen LogP contribution in [0, 0.1) is 12.8 Å². The van der Waals surface area contributed by atoms with Gasteiger partial charge in [-0.3, -0.25) is 9.67 Å². The fourth-order valence-electron chi connectivity index (χ4n) is 3.87. The van der Waals surface area contributed by atoms with Gasteiger partial charge in [-0.25, -0.2) is 9.78 Å². The second-order valence-corrected chi connectivity index (χ2v) is 10.1. The van der Waals surface area contributed by atoms with Gasteiger partial charge in [-0.15, -0.1) is 0 Å². The van der Waals surface area contributed by atoms with Crippen molar-refractivity contribution in [3.05, 3.63) is 40.8 Å². The molecule has 0 N–H and O–H groups in total. The zero-order valence-electron chi connectivity index (χ0n) is 18.4. The van der Waals surface area contributed by atoms with Crippen molar-refractivity contribution in [2.45, 2.75) is 52.7 Å². The monoisotopic (exact) mass is 485 g/mol. The third kappa shape index (κ3) is 5.23. The summed E-state index contributed by atoms with van der Waals surface area (Å²) in [5.74, 6) is 0.476. The summed E-state index contributed by atoms with van der Waals surface area (Å²) in [5.41, 5.74) is 4.03. The molecule has 1 aliphatic rings. The van der Waals surface area contributed by atoms with Crippen molar-refractivity contribution in [1.29, 1.82) is 0 Å².